The molecule has 0 spiro atoms. The summed E-state index contributed by atoms with van der Waals surface area (Å²) in [5.74, 6) is -0.786. The molecule has 36 heavy (non-hydrogen) atoms. The van der Waals surface area contributed by atoms with E-state index in [9.17, 15) is 14.7 Å². The third-order valence-corrected chi connectivity index (χ3v) is 9.80. The average molecular weight is 558 g/mol. The van der Waals surface area contributed by atoms with Crippen molar-refractivity contribution in [2.24, 2.45) is 23.7 Å². The predicted octanol–water partition coefficient (Wildman–Crippen LogP) is 7.14. The number of imide groups is 1. The number of amides is 2. The van der Waals surface area contributed by atoms with E-state index < -0.39 is 0 Å². The van der Waals surface area contributed by atoms with Crippen LogP contribution in [0.5, 0.6) is 0 Å². The summed E-state index contributed by atoms with van der Waals surface area (Å²) in [7, 11) is 0. The van der Waals surface area contributed by atoms with Crippen LogP contribution in [0.4, 0.5) is 5.69 Å². The summed E-state index contributed by atoms with van der Waals surface area (Å²) in [5, 5.41) is 12.4. The van der Waals surface area contributed by atoms with Crippen LogP contribution in [0.25, 0.3) is 22.2 Å². The van der Waals surface area contributed by atoms with Gasteiger partial charge in [-0.15, -0.1) is 0 Å². The van der Waals surface area contributed by atoms with Gasteiger partial charge in [0.15, 0.2) is 0 Å². The third kappa shape index (κ3) is 2.83. The number of aliphatic hydroxyl groups is 1. The largest absolute Gasteiger partial charge is 0.507 e. The first kappa shape index (κ1) is 22.6. The molecule has 0 radical (unpaired) electrons. The van der Waals surface area contributed by atoms with Crippen molar-refractivity contribution in [2.75, 3.05) is 4.90 Å². The molecule has 2 amide bonds. The Morgan fingerprint density at radius 3 is 2.22 bits per heavy atom. The van der Waals surface area contributed by atoms with Gasteiger partial charge < -0.3 is 5.11 Å². The molecule has 5 nitrogen and oxygen atoms in total. The average Bonchev–Trinajstić information content (AvgIpc) is 3.63. The molecule has 1 saturated carbocycles. The maximum Gasteiger partial charge on any atom is 0.238 e. The zero-order chi connectivity index (χ0) is 25.0. The fourth-order valence-electron chi connectivity index (χ4n) is 6.33. The lowest BCUT2D eigenvalue weighted by atomic mass is 9.85. The Balaban J connectivity index is 1.35. The van der Waals surface area contributed by atoms with Gasteiger partial charge in [0.2, 0.25) is 11.8 Å². The number of hydrogen-bond donors (Lipinski definition) is 1. The van der Waals surface area contributed by atoms with Crippen LogP contribution < -0.4 is 4.90 Å². The minimum atomic E-state index is -0.305. The number of anilines is 1. The number of pyridine rings is 1. The summed E-state index contributed by atoms with van der Waals surface area (Å²) < 4.78 is 0. The monoisotopic (exact) mass is 556 g/mol. The minimum Gasteiger partial charge on any atom is -0.507 e. The quantitative estimate of drug-likeness (QED) is 0.157. The molecule has 7 rings (SSSR count). The van der Waals surface area contributed by atoms with Crippen molar-refractivity contribution in [3.05, 3.63) is 79.4 Å². The van der Waals surface area contributed by atoms with Crippen molar-refractivity contribution in [1.29, 1.82) is 0 Å². The number of benzene rings is 2. The molecule has 3 aromatic rings. The number of aromatic nitrogens is 1. The highest BCUT2D eigenvalue weighted by molar-refractivity contribution is 6.53. The second-order valence-electron chi connectivity index (χ2n) is 9.67. The van der Waals surface area contributed by atoms with Crippen LogP contribution in [-0.2, 0) is 16.0 Å². The topological polar surface area (TPSA) is 70.5 Å². The number of carbonyl (C=O) groups is 2. The van der Waals surface area contributed by atoms with E-state index in [1.54, 1.807) is 12.1 Å². The molecule has 4 aliphatic rings. The smallest absolute Gasteiger partial charge is 0.238 e. The molecule has 1 aromatic heterocycles. The van der Waals surface area contributed by atoms with Gasteiger partial charge in [0.1, 0.15) is 5.76 Å². The Morgan fingerprint density at radius 2 is 1.53 bits per heavy atom. The number of rotatable bonds is 2. The normalized spacial score (nSPS) is 26.1. The van der Waals surface area contributed by atoms with Crippen molar-refractivity contribution in [2.45, 2.75) is 12.8 Å². The molecule has 2 aromatic carbocycles. The zero-order valence-electron chi connectivity index (χ0n) is 18.4. The summed E-state index contributed by atoms with van der Waals surface area (Å²) in [6, 6.07) is 9.06. The lowest BCUT2D eigenvalue weighted by Gasteiger charge is -2.19. The molecule has 180 valence electrons. The van der Waals surface area contributed by atoms with Gasteiger partial charge in [-0.3, -0.25) is 9.59 Å². The molecule has 1 N–H and O–H groups in total. The molecule has 9 heteroatoms. The second-order valence-corrected chi connectivity index (χ2v) is 11.2. The van der Waals surface area contributed by atoms with E-state index in [0.29, 0.717) is 33.6 Å². The van der Waals surface area contributed by atoms with Crippen molar-refractivity contribution in [3.8, 4) is 0 Å². The lowest BCUT2D eigenvalue weighted by Crippen LogP contribution is -2.33. The number of para-hydroxylation sites is 1. The van der Waals surface area contributed by atoms with Gasteiger partial charge in [-0.05, 0) is 36.0 Å². The van der Waals surface area contributed by atoms with Gasteiger partial charge in [0, 0.05) is 22.9 Å². The van der Waals surface area contributed by atoms with Crippen LogP contribution in [0.1, 0.15) is 23.2 Å². The summed E-state index contributed by atoms with van der Waals surface area (Å²) in [5.41, 5.74) is 2.84. The highest BCUT2D eigenvalue weighted by atomic mass is 35.5. The van der Waals surface area contributed by atoms with Crippen LogP contribution in [0.2, 0.25) is 20.1 Å². The Kier molecular flexibility index (Phi) is 4.85. The Hall–Kier alpha value is -2.57. The fourth-order valence-corrected chi connectivity index (χ4v) is 7.38. The van der Waals surface area contributed by atoms with Crippen LogP contribution in [0, 0.1) is 23.7 Å². The Morgan fingerprint density at radius 1 is 0.861 bits per heavy atom. The molecule has 4 atom stereocenters. The number of allylic oxidation sites excluding steroid dienone is 3. The van der Waals surface area contributed by atoms with E-state index in [4.69, 9.17) is 51.4 Å². The van der Waals surface area contributed by atoms with Crippen molar-refractivity contribution in [3.63, 3.8) is 0 Å². The molecule has 1 saturated heterocycles. The molecule has 2 bridgehead atoms. The Labute approximate surface area is 225 Å². The predicted molar refractivity (Wildman–Crippen MR) is 142 cm³/mol. The van der Waals surface area contributed by atoms with E-state index in [0.717, 1.165) is 11.8 Å². The Bertz CT molecular complexity index is 1600. The number of fused-ring (bicyclic) bond motifs is 7. The molecule has 3 aliphatic carbocycles. The summed E-state index contributed by atoms with van der Waals surface area (Å²) in [6.45, 7) is 0. The molecule has 1 aliphatic heterocycles. The number of halogens is 4. The van der Waals surface area contributed by atoms with Crippen LogP contribution in [0.15, 0.2) is 42.5 Å². The van der Waals surface area contributed by atoms with E-state index in [1.807, 2.05) is 18.2 Å². The summed E-state index contributed by atoms with van der Waals surface area (Å²) >= 11 is 25.3. The third-order valence-electron chi connectivity index (χ3n) is 7.96. The first-order valence-electron chi connectivity index (χ1n) is 11.5. The molecular weight excluding hydrogens is 542 g/mol. The maximum atomic E-state index is 13.5. The van der Waals surface area contributed by atoms with Crippen molar-refractivity contribution in [1.82, 2.24) is 4.98 Å². The zero-order valence-corrected chi connectivity index (χ0v) is 21.5. The van der Waals surface area contributed by atoms with Gasteiger partial charge in [0.05, 0.1) is 48.8 Å². The molecule has 2 fully saturated rings. The SMILES string of the molecule is O=C1C2C3C=CC(C3)C2C(=O)N1c1cccc2ccc(C3=C(O)c4c(Cl)c(Cl)c(Cl)c(Cl)c4C3)nc12. The maximum absolute atomic E-state index is 13.5. The summed E-state index contributed by atoms with van der Waals surface area (Å²) in [4.78, 5) is 33.0. The highest BCUT2D eigenvalue weighted by Gasteiger charge is 2.59. The number of nitrogens with zero attached hydrogens (tertiary/aromatic N) is 2. The van der Waals surface area contributed by atoms with Gasteiger partial charge in [-0.2, -0.15) is 0 Å². The molecular formula is C27H16Cl4N2O3. The van der Waals surface area contributed by atoms with Gasteiger partial charge >= 0.3 is 0 Å². The molecule has 2 heterocycles. The van der Waals surface area contributed by atoms with Gasteiger partial charge in [-0.1, -0.05) is 76.8 Å². The van der Waals surface area contributed by atoms with Crippen molar-refractivity contribution >= 4 is 86.1 Å². The minimum absolute atomic E-state index is 0.0729. The van der Waals surface area contributed by atoms with E-state index in [2.05, 4.69) is 12.2 Å². The molecule has 4 unspecified atom stereocenters. The van der Waals surface area contributed by atoms with Crippen molar-refractivity contribution < 1.29 is 14.7 Å². The summed E-state index contributed by atoms with van der Waals surface area (Å²) in [6.07, 6.45) is 5.26. The first-order valence-corrected chi connectivity index (χ1v) is 13.0. The van der Waals surface area contributed by atoms with E-state index >= 15 is 0 Å². The first-order chi connectivity index (χ1) is 17.3. The number of aliphatic hydroxyl groups excluding tert-OH is 1. The number of carbonyl (C=O) groups excluding carboxylic acids is 2. The van der Waals surface area contributed by atoms with Gasteiger partial charge in [0.25, 0.3) is 0 Å². The van der Waals surface area contributed by atoms with Gasteiger partial charge in [-0.25, -0.2) is 9.88 Å². The lowest BCUT2D eigenvalue weighted by molar-refractivity contribution is -0.123. The second kappa shape index (κ2) is 7.72. The number of hydrogen-bond acceptors (Lipinski definition) is 4. The van der Waals surface area contributed by atoms with Crippen LogP contribution in [-0.4, -0.2) is 21.9 Å². The fraction of sp³-hybridized carbons (Fsp3) is 0.222. The standard InChI is InChI=1S/C27H16Cl4N2O3/c28-20-14-9-13(25(34)19(14)21(29)23(31)22(20)30)15-7-6-10-2-1-3-16(24(10)32-15)33-26(35)17-11-4-5-12(8-11)18(17)27(33)36/h1-7,11-12,17-18,34H,8-9H2. The van der Waals surface area contributed by atoms with Crippen LogP contribution >= 0.6 is 46.4 Å². The van der Waals surface area contributed by atoms with Crippen LogP contribution in [0.3, 0.4) is 0 Å². The highest BCUT2D eigenvalue weighted by Crippen LogP contribution is 2.54. The van der Waals surface area contributed by atoms with E-state index in [-0.39, 0.29) is 67.8 Å². The van der Waals surface area contributed by atoms with E-state index in [1.165, 1.54) is 4.90 Å².